The lowest BCUT2D eigenvalue weighted by molar-refractivity contribution is -0.123. The van der Waals surface area contributed by atoms with Crippen LogP contribution in [-0.4, -0.2) is 40.8 Å². The van der Waals surface area contributed by atoms with Crippen molar-refractivity contribution in [3.8, 4) is 11.5 Å². The number of nitrogens with zero attached hydrogens (tertiary/aromatic N) is 1. The van der Waals surface area contributed by atoms with Crippen LogP contribution in [0.1, 0.15) is 43.9 Å². The Balaban J connectivity index is 2.34. The third kappa shape index (κ3) is 5.91. The average Bonchev–Trinajstić information content (AvgIpc) is 2.74. The van der Waals surface area contributed by atoms with Gasteiger partial charge in [-0.05, 0) is 61.2 Å². The van der Waals surface area contributed by atoms with Gasteiger partial charge in [-0.2, -0.15) is 0 Å². The van der Waals surface area contributed by atoms with Gasteiger partial charge in [-0.3, -0.25) is 9.10 Å². The van der Waals surface area contributed by atoms with Gasteiger partial charge in [0.05, 0.1) is 32.2 Å². The number of aryl methyl sites for hydroxylation is 1. The summed E-state index contributed by atoms with van der Waals surface area (Å²) < 4.78 is 36.9. The Morgan fingerprint density at radius 2 is 1.68 bits per heavy atom. The minimum Gasteiger partial charge on any atom is -0.497 e. The number of hydrogen-bond acceptors (Lipinski definition) is 5. The predicted molar refractivity (Wildman–Crippen MR) is 123 cm³/mol. The standard InChI is InChI=1S/C23H32N2O5S/c1-7-20(17-9-14-22(30-5)16(3)15-17)24-23(26)21(8-2)25(31(6,27)28)18-10-12-19(29-4)13-11-18/h9-15,20-21H,7-8H2,1-6H3,(H,24,26)/t20-,21+/m1/s1. The van der Waals surface area contributed by atoms with Gasteiger partial charge in [0.25, 0.3) is 0 Å². The van der Waals surface area contributed by atoms with E-state index in [0.29, 0.717) is 24.3 Å². The van der Waals surface area contributed by atoms with Crippen molar-refractivity contribution in [1.29, 1.82) is 0 Å². The highest BCUT2D eigenvalue weighted by molar-refractivity contribution is 7.92. The van der Waals surface area contributed by atoms with Gasteiger partial charge in [0.1, 0.15) is 17.5 Å². The highest BCUT2D eigenvalue weighted by atomic mass is 32.2. The van der Waals surface area contributed by atoms with E-state index in [1.807, 2.05) is 32.0 Å². The molecule has 0 aromatic heterocycles. The second-order valence-electron chi connectivity index (χ2n) is 7.38. The number of rotatable bonds is 10. The molecular formula is C23H32N2O5S. The minimum absolute atomic E-state index is 0.247. The molecule has 2 atom stereocenters. The van der Waals surface area contributed by atoms with Crippen LogP contribution < -0.4 is 19.1 Å². The van der Waals surface area contributed by atoms with Crippen molar-refractivity contribution in [2.45, 2.75) is 45.7 Å². The zero-order chi connectivity index (χ0) is 23.2. The van der Waals surface area contributed by atoms with Crippen LogP contribution in [0.15, 0.2) is 42.5 Å². The molecule has 0 bridgehead atoms. The van der Waals surface area contributed by atoms with Crippen molar-refractivity contribution in [3.05, 3.63) is 53.6 Å². The van der Waals surface area contributed by atoms with Crippen molar-refractivity contribution < 1.29 is 22.7 Å². The maximum absolute atomic E-state index is 13.2. The first kappa shape index (κ1) is 24.5. The highest BCUT2D eigenvalue weighted by Crippen LogP contribution is 2.27. The Bertz CT molecular complexity index is 990. The van der Waals surface area contributed by atoms with Crippen molar-refractivity contribution in [1.82, 2.24) is 5.32 Å². The van der Waals surface area contributed by atoms with Crippen molar-refractivity contribution >= 4 is 21.6 Å². The van der Waals surface area contributed by atoms with E-state index in [1.54, 1.807) is 38.3 Å². The number of benzene rings is 2. The normalized spacial score (nSPS) is 13.2. The minimum atomic E-state index is -3.70. The topological polar surface area (TPSA) is 84.9 Å². The Labute approximate surface area is 185 Å². The van der Waals surface area contributed by atoms with E-state index in [2.05, 4.69) is 5.32 Å². The molecule has 0 radical (unpaired) electrons. The van der Waals surface area contributed by atoms with E-state index in [0.717, 1.165) is 23.1 Å². The van der Waals surface area contributed by atoms with Crippen LogP contribution in [0.5, 0.6) is 11.5 Å². The van der Waals surface area contributed by atoms with Crippen LogP contribution in [0.25, 0.3) is 0 Å². The van der Waals surface area contributed by atoms with Gasteiger partial charge < -0.3 is 14.8 Å². The van der Waals surface area contributed by atoms with Gasteiger partial charge in [-0.15, -0.1) is 0 Å². The molecule has 0 heterocycles. The molecular weight excluding hydrogens is 416 g/mol. The number of amides is 1. The quantitative estimate of drug-likeness (QED) is 0.597. The summed E-state index contributed by atoms with van der Waals surface area (Å²) in [4.78, 5) is 13.2. The van der Waals surface area contributed by atoms with Crippen LogP contribution in [0.3, 0.4) is 0 Å². The Morgan fingerprint density at radius 3 is 2.13 bits per heavy atom. The largest absolute Gasteiger partial charge is 0.497 e. The summed E-state index contributed by atoms with van der Waals surface area (Å²) in [5.74, 6) is 1.04. The molecule has 31 heavy (non-hydrogen) atoms. The second-order valence-corrected chi connectivity index (χ2v) is 9.24. The molecule has 0 aliphatic rings. The fourth-order valence-corrected chi connectivity index (χ4v) is 4.81. The van der Waals surface area contributed by atoms with Crippen LogP contribution in [0.4, 0.5) is 5.69 Å². The molecule has 0 aliphatic heterocycles. The highest BCUT2D eigenvalue weighted by Gasteiger charge is 2.32. The molecule has 0 spiro atoms. The summed E-state index contributed by atoms with van der Waals surface area (Å²) >= 11 is 0. The van der Waals surface area contributed by atoms with Crippen molar-refractivity contribution in [2.75, 3.05) is 24.8 Å². The monoisotopic (exact) mass is 448 g/mol. The summed E-state index contributed by atoms with van der Waals surface area (Å²) in [6.07, 6.45) is 2.09. The molecule has 0 aliphatic carbocycles. The third-order valence-electron chi connectivity index (χ3n) is 5.20. The predicted octanol–water partition coefficient (Wildman–Crippen LogP) is 3.82. The molecule has 2 aromatic carbocycles. The molecule has 8 heteroatoms. The van der Waals surface area contributed by atoms with Crippen LogP contribution in [0, 0.1) is 6.92 Å². The first-order chi connectivity index (χ1) is 14.7. The molecule has 0 saturated carbocycles. The zero-order valence-corrected chi connectivity index (χ0v) is 19.8. The lowest BCUT2D eigenvalue weighted by Crippen LogP contribution is -2.50. The number of methoxy groups -OCH3 is 2. The van der Waals surface area contributed by atoms with E-state index in [-0.39, 0.29) is 11.9 Å². The first-order valence-corrected chi connectivity index (χ1v) is 12.1. The fraction of sp³-hybridized carbons (Fsp3) is 0.435. The van der Waals surface area contributed by atoms with Crippen molar-refractivity contribution in [3.63, 3.8) is 0 Å². The van der Waals surface area contributed by atoms with E-state index in [1.165, 1.54) is 11.4 Å². The van der Waals surface area contributed by atoms with E-state index in [9.17, 15) is 13.2 Å². The molecule has 170 valence electrons. The van der Waals surface area contributed by atoms with E-state index < -0.39 is 16.1 Å². The SMILES string of the molecule is CC[C@@H](NC(=O)[C@H](CC)N(c1ccc(OC)cc1)S(C)(=O)=O)c1ccc(OC)c(C)c1. The Kier molecular flexibility index (Phi) is 8.33. The summed E-state index contributed by atoms with van der Waals surface area (Å²) in [5.41, 5.74) is 2.33. The zero-order valence-electron chi connectivity index (χ0n) is 19.0. The van der Waals surface area contributed by atoms with Gasteiger partial charge in [0.15, 0.2) is 0 Å². The molecule has 1 N–H and O–H groups in total. The smallest absolute Gasteiger partial charge is 0.244 e. The van der Waals surface area contributed by atoms with Gasteiger partial charge in [-0.1, -0.05) is 26.0 Å². The van der Waals surface area contributed by atoms with Crippen LogP contribution >= 0.6 is 0 Å². The van der Waals surface area contributed by atoms with E-state index >= 15 is 0 Å². The number of sulfonamides is 1. The fourth-order valence-electron chi connectivity index (χ4n) is 3.60. The third-order valence-corrected chi connectivity index (χ3v) is 6.38. The van der Waals surface area contributed by atoms with Gasteiger partial charge in [0.2, 0.25) is 15.9 Å². The number of anilines is 1. The maximum atomic E-state index is 13.2. The average molecular weight is 449 g/mol. The summed E-state index contributed by atoms with van der Waals surface area (Å²) in [6, 6.07) is 11.3. The number of carbonyl (C=O) groups excluding carboxylic acids is 1. The van der Waals surface area contributed by atoms with E-state index in [4.69, 9.17) is 9.47 Å². The van der Waals surface area contributed by atoms with Crippen LogP contribution in [-0.2, 0) is 14.8 Å². The van der Waals surface area contributed by atoms with Crippen LogP contribution in [0.2, 0.25) is 0 Å². The number of hydrogen-bond donors (Lipinski definition) is 1. The summed E-state index contributed by atoms with van der Waals surface area (Å²) in [7, 11) is -0.546. The molecule has 0 unspecified atom stereocenters. The lowest BCUT2D eigenvalue weighted by Gasteiger charge is -2.31. The molecule has 2 rings (SSSR count). The molecule has 0 fully saturated rings. The van der Waals surface area contributed by atoms with Gasteiger partial charge >= 0.3 is 0 Å². The number of carbonyl (C=O) groups is 1. The van der Waals surface area contributed by atoms with Gasteiger partial charge in [0, 0.05) is 0 Å². The summed E-state index contributed by atoms with van der Waals surface area (Å²) in [6.45, 7) is 5.72. The number of nitrogens with one attached hydrogen (secondary N) is 1. The molecule has 7 nitrogen and oxygen atoms in total. The van der Waals surface area contributed by atoms with Gasteiger partial charge in [-0.25, -0.2) is 8.42 Å². The molecule has 2 aromatic rings. The molecule has 0 saturated heterocycles. The number of ether oxygens (including phenoxy) is 2. The second kappa shape index (κ2) is 10.5. The maximum Gasteiger partial charge on any atom is 0.244 e. The Hall–Kier alpha value is -2.74. The summed E-state index contributed by atoms with van der Waals surface area (Å²) in [5, 5.41) is 3.03. The lowest BCUT2D eigenvalue weighted by atomic mass is 10.0. The first-order valence-electron chi connectivity index (χ1n) is 10.2. The Morgan fingerprint density at radius 1 is 1.03 bits per heavy atom. The molecule has 1 amide bonds. The van der Waals surface area contributed by atoms with Crippen molar-refractivity contribution in [2.24, 2.45) is 0 Å².